The highest BCUT2D eigenvalue weighted by Gasteiger charge is 2.31. The van der Waals surface area contributed by atoms with Crippen LogP contribution >= 0.6 is 0 Å². The van der Waals surface area contributed by atoms with E-state index in [4.69, 9.17) is 9.47 Å². The smallest absolute Gasteiger partial charge is 0.316 e. The second-order valence-electron chi connectivity index (χ2n) is 7.09. The van der Waals surface area contributed by atoms with Gasteiger partial charge in [0.05, 0.1) is 18.1 Å². The molecule has 0 N–H and O–H groups in total. The third kappa shape index (κ3) is 3.91. The summed E-state index contributed by atoms with van der Waals surface area (Å²) in [6.45, 7) is 3.92. The minimum Gasteiger partial charge on any atom is -0.493 e. The molecule has 7 nitrogen and oxygen atoms in total. The van der Waals surface area contributed by atoms with Gasteiger partial charge in [-0.3, -0.25) is 0 Å². The van der Waals surface area contributed by atoms with Gasteiger partial charge in [-0.2, -0.15) is 4.31 Å². The highest BCUT2D eigenvalue weighted by molar-refractivity contribution is 7.89. The van der Waals surface area contributed by atoms with Crippen LogP contribution < -0.4 is 9.47 Å². The third-order valence-corrected chi connectivity index (χ3v) is 6.85. The van der Waals surface area contributed by atoms with Gasteiger partial charge < -0.3 is 9.47 Å². The number of rotatable bonds is 5. The van der Waals surface area contributed by atoms with Crippen molar-refractivity contribution in [2.75, 3.05) is 26.3 Å². The zero-order chi connectivity index (χ0) is 18.9. The molecule has 0 amide bonds. The van der Waals surface area contributed by atoms with Gasteiger partial charge in [0, 0.05) is 37.8 Å². The standard InChI is InChI=1S/C19H23N3O4S/c1-14-10-20-19(21-11-14)26-13-15-3-2-7-22(12-15)27(23,24)17-4-5-18-16(9-17)6-8-25-18/h4-5,9-11,15H,2-3,6-8,12-13H2,1H3. The Hall–Kier alpha value is -2.19. The molecule has 144 valence electrons. The van der Waals surface area contributed by atoms with E-state index in [1.165, 1.54) is 0 Å². The van der Waals surface area contributed by atoms with E-state index in [1.54, 1.807) is 34.9 Å². The predicted octanol–water partition coefficient (Wildman–Crippen LogP) is 2.20. The van der Waals surface area contributed by atoms with Gasteiger partial charge in [-0.15, -0.1) is 0 Å². The number of hydrogen-bond acceptors (Lipinski definition) is 6. The maximum atomic E-state index is 13.1. The van der Waals surface area contributed by atoms with Crippen LogP contribution in [-0.2, 0) is 16.4 Å². The van der Waals surface area contributed by atoms with Crippen molar-refractivity contribution in [3.63, 3.8) is 0 Å². The Morgan fingerprint density at radius 2 is 2.11 bits per heavy atom. The molecule has 0 bridgehead atoms. The quantitative estimate of drug-likeness (QED) is 0.780. The Balaban J connectivity index is 1.43. The first-order chi connectivity index (χ1) is 13.0. The number of piperidine rings is 1. The number of fused-ring (bicyclic) bond motifs is 1. The Bertz CT molecular complexity index is 915. The summed E-state index contributed by atoms with van der Waals surface area (Å²) >= 11 is 0. The molecule has 0 spiro atoms. The van der Waals surface area contributed by atoms with Gasteiger partial charge in [0.2, 0.25) is 10.0 Å². The number of aromatic nitrogens is 2. The molecule has 27 heavy (non-hydrogen) atoms. The first-order valence-corrected chi connectivity index (χ1v) is 10.6. The lowest BCUT2D eigenvalue weighted by atomic mass is 10.0. The van der Waals surface area contributed by atoms with E-state index in [1.807, 2.05) is 6.92 Å². The van der Waals surface area contributed by atoms with Crippen LogP contribution in [-0.4, -0.2) is 49.0 Å². The summed E-state index contributed by atoms with van der Waals surface area (Å²) in [5.41, 5.74) is 1.93. The van der Waals surface area contributed by atoms with Gasteiger partial charge in [-0.05, 0) is 49.1 Å². The van der Waals surface area contributed by atoms with E-state index in [0.717, 1.165) is 36.1 Å². The molecule has 1 fully saturated rings. The molecular formula is C19H23N3O4S. The first-order valence-electron chi connectivity index (χ1n) is 9.20. The Morgan fingerprint density at radius 3 is 2.93 bits per heavy atom. The number of aryl methyl sites for hydroxylation is 1. The summed E-state index contributed by atoms with van der Waals surface area (Å²) in [4.78, 5) is 8.61. The van der Waals surface area contributed by atoms with Crippen molar-refractivity contribution >= 4 is 10.0 Å². The van der Waals surface area contributed by atoms with Crippen LogP contribution in [0, 0.1) is 12.8 Å². The van der Waals surface area contributed by atoms with Crippen LogP contribution in [0.15, 0.2) is 35.5 Å². The SMILES string of the molecule is Cc1cnc(OCC2CCCN(S(=O)(=O)c3ccc4c(c3)CCO4)C2)nc1. The van der Waals surface area contributed by atoms with E-state index >= 15 is 0 Å². The maximum absolute atomic E-state index is 13.1. The minimum absolute atomic E-state index is 0.121. The second kappa shape index (κ2) is 7.44. The molecule has 1 aromatic heterocycles. The average Bonchev–Trinajstić information content (AvgIpc) is 3.16. The Kier molecular flexibility index (Phi) is 5.01. The summed E-state index contributed by atoms with van der Waals surface area (Å²) in [7, 11) is -3.51. The molecule has 1 saturated heterocycles. The number of hydrogen-bond donors (Lipinski definition) is 0. The molecule has 8 heteroatoms. The average molecular weight is 389 g/mol. The van der Waals surface area contributed by atoms with Crippen LogP contribution in [0.3, 0.4) is 0 Å². The van der Waals surface area contributed by atoms with Gasteiger partial charge in [0.25, 0.3) is 0 Å². The van der Waals surface area contributed by atoms with Gasteiger partial charge in [0.1, 0.15) is 5.75 Å². The molecule has 2 aromatic rings. The zero-order valence-electron chi connectivity index (χ0n) is 15.3. The molecule has 1 atom stereocenters. The molecule has 1 aromatic carbocycles. The second-order valence-corrected chi connectivity index (χ2v) is 9.03. The topological polar surface area (TPSA) is 81.6 Å². The van der Waals surface area contributed by atoms with Crippen molar-refractivity contribution in [2.24, 2.45) is 5.92 Å². The molecular weight excluding hydrogens is 366 g/mol. The summed E-state index contributed by atoms with van der Waals surface area (Å²) in [5.74, 6) is 0.910. The molecule has 2 aliphatic heterocycles. The molecule has 4 rings (SSSR count). The summed E-state index contributed by atoms with van der Waals surface area (Å²) in [5, 5.41) is 0. The lowest BCUT2D eigenvalue weighted by Crippen LogP contribution is -2.41. The van der Waals surface area contributed by atoms with Crippen molar-refractivity contribution in [2.45, 2.75) is 31.1 Å². The lowest BCUT2D eigenvalue weighted by molar-refractivity contribution is 0.171. The maximum Gasteiger partial charge on any atom is 0.316 e. The molecule has 0 saturated carbocycles. The number of sulfonamides is 1. The van der Waals surface area contributed by atoms with Crippen molar-refractivity contribution < 1.29 is 17.9 Å². The van der Waals surface area contributed by atoms with Crippen LogP contribution in [0.4, 0.5) is 0 Å². The summed E-state index contributed by atoms with van der Waals surface area (Å²) < 4.78 is 38.8. The first kappa shape index (κ1) is 18.2. The molecule has 0 radical (unpaired) electrons. The lowest BCUT2D eigenvalue weighted by Gasteiger charge is -2.31. The minimum atomic E-state index is -3.51. The van der Waals surface area contributed by atoms with Crippen molar-refractivity contribution in [1.82, 2.24) is 14.3 Å². The van der Waals surface area contributed by atoms with E-state index in [0.29, 0.717) is 37.2 Å². The molecule has 3 heterocycles. The van der Waals surface area contributed by atoms with Gasteiger partial charge in [-0.1, -0.05) is 0 Å². The van der Waals surface area contributed by atoms with Gasteiger partial charge >= 0.3 is 6.01 Å². The number of nitrogens with zero attached hydrogens (tertiary/aromatic N) is 3. The Morgan fingerprint density at radius 1 is 1.30 bits per heavy atom. The largest absolute Gasteiger partial charge is 0.493 e. The fourth-order valence-electron chi connectivity index (χ4n) is 3.50. The fraction of sp³-hybridized carbons (Fsp3) is 0.474. The van der Waals surface area contributed by atoms with E-state index < -0.39 is 10.0 Å². The van der Waals surface area contributed by atoms with Crippen LogP contribution in [0.1, 0.15) is 24.0 Å². The monoisotopic (exact) mass is 389 g/mol. The Labute approximate surface area is 159 Å². The van der Waals surface area contributed by atoms with Crippen molar-refractivity contribution in [3.05, 3.63) is 41.7 Å². The molecule has 2 aliphatic rings. The molecule has 0 aliphatic carbocycles. The molecule has 1 unspecified atom stereocenters. The third-order valence-electron chi connectivity index (χ3n) is 4.99. The van der Waals surface area contributed by atoms with E-state index in [9.17, 15) is 8.42 Å². The highest BCUT2D eigenvalue weighted by Crippen LogP contribution is 2.30. The van der Waals surface area contributed by atoms with E-state index in [2.05, 4.69) is 9.97 Å². The zero-order valence-corrected chi connectivity index (χ0v) is 16.1. The van der Waals surface area contributed by atoms with Gasteiger partial charge in [-0.25, -0.2) is 18.4 Å². The normalized spacial score (nSPS) is 20.1. The predicted molar refractivity (Wildman–Crippen MR) is 99.4 cm³/mol. The van der Waals surface area contributed by atoms with Crippen LogP contribution in [0.25, 0.3) is 0 Å². The number of benzene rings is 1. The highest BCUT2D eigenvalue weighted by atomic mass is 32.2. The van der Waals surface area contributed by atoms with Crippen LogP contribution in [0.5, 0.6) is 11.8 Å². The van der Waals surface area contributed by atoms with Crippen molar-refractivity contribution in [3.8, 4) is 11.8 Å². The van der Waals surface area contributed by atoms with E-state index in [-0.39, 0.29) is 5.92 Å². The van der Waals surface area contributed by atoms with Crippen molar-refractivity contribution in [1.29, 1.82) is 0 Å². The summed E-state index contributed by atoms with van der Waals surface area (Å²) in [6, 6.07) is 5.48. The fourth-order valence-corrected chi connectivity index (χ4v) is 5.11. The summed E-state index contributed by atoms with van der Waals surface area (Å²) in [6.07, 6.45) is 5.91. The number of ether oxygens (including phenoxy) is 2. The van der Waals surface area contributed by atoms with Gasteiger partial charge in [0.15, 0.2) is 0 Å². The van der Waals surface area contributed by atoms with Crippen LogP contribution in [0.2, 0.25) is 0 Å².